The molecular formula is C44H47N5. The van der Waals surface area contributed by atoms with Gasteiger partial charge in [-0.05, 0) is 128 Å². The van der Waals surface area contributed by atoms with Crippen molar-refractivity contribution in [1.82, 2.24) is 9.88 Å². The van der Waals surface area contributed by atoms with Gasteiger partial charge in [0, 0.05) is 34.4 Å². The molecule has 0 spiro atoms. The number of allylic oxidation sites excluding steroid dienone is 9. The van der Waals surface area contributed by atoms with Gasteiger partial charge in [0.2, 0.25) is 0 Å². The van der Waals surface area contributed by atoms with Crippen molar-refractivity contribution in [1.29, 1.82) is 0 Å². The van der Waals surface area contributed by atoms with Crippen LogP contribution in [0.4, 0.5) is 0 Å². The summed E-state index contributed by atoms with van der Waals surface area (Å²) in [5.74, 6) is 0. The fraction of sp³-hybridized carbons (Fsp3) is 0.182. The minimum atomic E-state index is 0.114. The van der Waals surface area contributed by atoms with Gasteiger partial charge in [-0.15, -0.1) is 0 Å². The van der Waals surface area contributed by atoms with E-state index in [2.05, 4.69) is 121 Å². The van der Waals surface area contributed by atoms with Crippen LogP contribution in [0.15, 0.2) is 156 Å². The summed E-state index contributed by atoms with van der Waals surface area (Å²) in [6.07, 6.45) is 23.4. The second-order valence-corrected chi connectivity index (χ2v) is 12.9. The average Bonchev–Trinajstić information content (AvgIpc) is 3.47. The first-order valence-electron chi connectivity index (χ1n) is 17.1. The summed E-state index contributed by atoms with van der Waals surface area (Å²) in [6, 6.07) is 22.3. The summed E-state index contributed by atoms with van der Waals surface area (Å²) in [5, 5.41) is 7.52. The van der Waals surface area contributed by atoms with E-state index in [1.807, 2.05) is 31.2 Å². The molecule has 0 fully saturated rings. The lowest BCUT2D eigenvalue weighted by molar-refractivity contribution is 0.795. The highest BCUT2D eigenvalue weighted by Gasteiger charge is 2.23. The van der Waals surface area contributed by atoms with Crippen molar-refractivity contribution < 1.29 is 0 Å². The number of hydrogen-bond donors (Lipinski definition) is 4. The van der Waals surface area contributed by atoms with Crippen molar-refractivity contribution in [3.8, 4) is 5.69 Å². The van der Waals surface area contributed by atoms with Gasteiger partial charge < -0.3 is 27.1 Å². The van der Waals surface area contributed by atoms with Crippen molar-refractivity contribution in [2.45, 2.75) is 46.1 Å². The topological polar surface area (TPSA) is 95.0 Å². The number of nitrogens with one attached hydrogen (secondary N) is 1. The van der Waals surface area contributed by atoms with E-state index < -0.39 is 0 Å². The van der Waals surface area contributed by atoms with E-state index in [1.165, 1.54) is 60.9 Å². The van der Waals surface area contributed by atoms with Crippen LogP contribution in [-0.4, -0.2) is 17.2 Å². The third kappa shape index (κ3) is 6.89. The van der Waals surface area contributed by atoms with Gasteiger partial charge >= 0.3 is 0 Å². The number of dihydropyridines is 1. The van der Waals surface area contributed by atoms with Crippen LogP contribution in [0.5, 0.6) is 0 Å². The fourth-order valence-corrected chi connectivity index (χ4v) is 6.83. The summed E-state index contributed by atoms with van der Waals surface area (Å²) in [5.41, 5.74) is 31.3. The zero-order valence-corrected chi connectivity index (χ0v) is 28.8. The first-order valence-corrected chi connectivity index (χ1v) is 17.1. The number of rotatable bonds is 10. The molecule has 0 radical (unpaired) electrons. The molecule has 1 aliphatic carbocycles. The summed E-state index contributed by atoms with van der Waals surface area (Å²) in [6.45, 7) is 10.8. The molecule has 1 unspecified atom stereocenters. The number of nitrogens with two attached hydrogens (primary N) is 3. The summed E-state index contributed by atoms with van der Waals surface area (Å²) < 4.78 is 2.46. The molecular weight excluding hydrogens is 599 g/mol. The maximum Gasteiger partial charge on any atom is 0.0664 e. The van der Waals surface area contributed by atoms with Crippen molar-refractivity contribution >= 4 is 33.4 Å². The lowest BCUT2D eigenvalue weighted by Gasteiger charge is -2.24. The molecule has 0 bridgehead atoms. The Hall–Kier alpha value is -5.52. The van der Waals surface area contributed by atoms with E-state index in [9.17, 15) is 0 Å². The van der Waals surface area contributed by atoms with Crippen LogP contribution < -0.4 is 22.5 Å². The van der Waals surface area contributed by atoms with E-state index in [-0.39, 0.29) is 6.04 Å². The van der Waals surface area contributed by atoms with Gasteiger partial charge in [-0.25, -0.2) is 0 Å². The number of aromatic nitrogens is 1. The SMILES string of the molecule is C=C(/C(C)=C\CN)/C(N)=C/C=C\CC1=Cc2c(c3ccc4cc(C5=CC=CC(/C(C)=C(C)/C=C\N)N5)ccc4c3n2-c2ccccc2)CC1. The number of benzene rings is 3. The Labute approximate surface area is 290 Å². The largest absolute Gasteiger partial charge is 0.405 e. The molecule has 6 rings (SSSR count). The highest BCUT2D eigenvalue weighted by molar-refractivity contribution is 6.10. The lowest BCUT2D eigenvalue weighted by atomic mass is 9.92. The number of aryl methyl sites for hydroxylation is 1. The Morgan fingerprint density at radius 3 is 2.59 bits per heavy atom. The van der Waals surface area contributed by atoms with Crippen LogP contribution in [0.2, 0.25) is 0 Å². The molecule has 4 aromatic rings. The minimum Gasteiger partial charge on any atom is -0.405 e. The van der Waals surface area contributed by atoms with Gasteiger partial charge in [0.15, 0.2) is 0 Å². The molecule has 5 heteroatoms. The zero-order chi connectivity index (χ0) is 34.5. The van der Waals surface area contributed by atoms with Crippen molar-refractivity contribution in [3.05, 3.63) is 172 Å². The Morgan fingerprint density at radius 2 is 1.82 bits per heavy atom. The Kier molecular flexibility index (Phi) is 10.0. The van der Waals surface area contributed by atoms with Gasteiger partial charge in [-0.3, -0.25) is 0 Å². The summed E-state index contributed by atoms with van der Waals surface area (Å²) in [7, 11) is 0. The summed E-state index contributed by atoms with van der Waals surface area (Å²) in [4.78, 5) is 0. The molecule has 0 saturated carbocycles. The molecule has 7 N–H and O–H groups in total. The Balaban J connectivity index is 1.36. The molecule has 2 heterocycles. The average molecular weight is 646 g/mol. The second-order valence-electron chi connectivity index (χ2n) is 12.9. The normalized spacial score (nSPS) is 17.3. The number of fused-ring (bicyclic) bond motifs is 5. The lowest BCUT2D eigenvalue weighted by Crippen LogP contribution is -2.29. The van der Waals surface area contributed by atoms with Crippen molar-refractivity contribution in [2.24, 2.45) is 17.2 Å². The third-order valence-corrected chi connectivity index (χ3v) is 9.81. The Morgan fingerprint density at radius 1 is 1.02 bits per heavy atom. The van der Waals surface area contributed by atoms with Crippen molar-refractivity contribution in [2.75, 3.05) is 6.54 Å². The number of para-hydroxylation sites is 1. The maximum absolute atomic E-state index is 6.29. The molecule has 1 aliphatic heterocycles. The van der Waals surface area contributed by atoms with Crippen molar-refractivity contribution in [3.63, 3.8) is 0 Å². The standard InChI is InChI=1S/C44H47N5/c1-29(23-25-45)31(3)40(47)14-9-8-11-33-17-20-38-39-22-18-34-28-35(42-16-10-15-41(48-42)32(4)30(2)24-26-46)19-21-37(34)44(39)49(43(38)27-33)36-12-6-5-7-13-36/h5-10,12-16,18-19,21-24,26-28,41,48H,3,11,17,20,25,45-47H2,1-2,4H3/b9-8-,26-24-,29-23-,32-30+,40-14-. The van der Waals surface area contributed by atoms with Gasteiger partial charge in [0.05, 0.1) is 17.3 Å². The first kappa shape index (κ1) is 33.4. The number of nitrogens with zero attached hydrogens (tertiary/aromatic N) is 1. The molecule has 248 valence electrons. The van der Waals surface area contributed by atoms with E-state index in [1.54, 1.807) is 6.20 Å². The predicted molar refractivity (Wildman–Crippen MR) is 211 cm³/mol. The van der Waals surface area contributed by atoms with Crippen LogP contribution in [-0.2, 0) is 6.42 Å². The van der Waals surface area contributed by atoms with E-state index in [4.69, 9.17) is 17.2 Å². The number of hydrogen-bond acceptors (Lipinski definition) is 4. The maximum atomic E-state index is 6.29. The zero-order valence-electron chi connectivity index (χ0n) is 28.8. The van der Waals surface area contributed by atoms with Crippen LogP contribution in [0.1, 0.15) is 50.4 Å². The van der Waals surface area contributed by atoms with Crippen LogP contribution in [0, 0.1) is 0 Å². The van der Waals surface area contributed by atoms with Crippen LogP contribution in [0.25, 0.3) is 39.1 Å². The molecule has 0 amide bonds. The van der Waals surface area contributed by atoms with Gasteiger partial charge in [-0.2, -0.15) is 0 Å². The third-order valence-electron chi connectivity index (χ3n) is 9.81. The quantitative estimate of drug-likeness (QED) is 0.129. The highest BCUT2D eigenvalue weighted by Crippen LogP contribution is 2.40. The van der Waals surface area contributed by atoms with E-state index in [0.717, 1.165) is 36.1 Å². The van der Waals surface area contributed by atoms with Crippen LogP contribution in [0.3, 0.4) is 0 Å². The molecule has 0 saturated heterocycles. The van der Waals surface area contributed by atoms with Gasteiger partial charge in [0.1, 0.15) is 0 Å². The second kappa shape index (κ2) is 14.7. The summed E-state index contributed by atoms with van der Waals surface area (Å²) >= 11 is 0. The predicted octanol–water partition coefficient (Wildman–Crippen LogP) is 9.04. The van der Waals surface area contributed by atoms with Gasteiger partial charge in [0.25, 0.3) is 0 Å². The fourth-order valence-electron chi connectivity index (χ4n) is 6.83. The van der Waals surface area contributed by atoms with Gasteiger partial charge in [-0.1, -0.05) is 85.0 Å². The first-order chi connectivity index (χ1) is 23.8. The molecule has 3 aromatic carbocycles. The smallest absolute Gasteiger partial charge is 0.0664 e. The molecule has 1 atom stereocenters. The molecule has 1 aromatic heterocycles. The molecule has 2 aliphatic rings. The highest BCUT2D eigenvalue weighted by atomic mass is 15.0. The molecule has 49 heavy (non-hydrogen) atoms. The molecule has 5 nitrogen and oxygen atoms in total. The monoisotopic (exact) mass is 645 g/mol. The van der Waals surface area contributed by atoms with E-state index >= 15 is 0 Å². The minimum absolute atomic E-state index is 0.114. The van der Waals surface area contributed by atoms with Crippen LogP contribution >= 0.6 is 0 Å². The Bertz CT molecular complexity index is 2160. The van der Waals surface area contributed by atoms with E-state index in [0.29, 0.717) is 12.2 Å².